The van der Waals surface area contributed by atoms with Crippen LogP contribution in [0.25, 0.3) is 6.08 Å². The largest absolute Gasteiger partial charge is 0.506 e. The molecule has 3 aliphatic carbocycles. The normalized spacial score (nSPS) is 31.2. The molecule has 2 N–H and O–H groups in total. The number of fused-ring (bicyclic) bond motifs is 2. The Morgan fingerprint density at radius 2 is 1.70 bits per heavy atom. The van der Waals surface area contributed by atoms with Crippen LogP contribution in [0.5, 0.6) is 17.2 Å². The maximum Gasteiger partial charge on any atom is 0.330 e. The highest BCUT2D eigenvalue weighted by Gasteiger charge is 2.81. The van der Waals surface area contributed by atoms with Crippen LogP contribution in [0.1, 0.15) is 103 Å². The predicted molar refractivity (Wildman–Crippen MR) is 174 cm³/mol. The van der Waals surface area contributed by atoms with Crippen molar-refractivity contribution in [1.29, 1.82) is 0 Å². The van der Waals surface area contributed by atoms with E-state index in [0.717, 1.165) is 12.0 Å². The van der Waals surface area contributed by atoms with E-state index in [0.29, 0.717) is 41.7 Å². The number of carboxylic acid groups (broad SMARTS) is 1. The number of phenolic OH excluding ortho intramolecular Hbond substituents is 1. The summed E-state index contributed by atoms with van der Waals surface area (Å²) in [7, 11) is 0. The van der Waals surface area contributed by atoms with Crippen LogP contribution in [0.15, 0.2) is 52.7 Å². The van der Waals surface area contributed by atoms with Gasteiger partial charge in [-0.3, -0.25) is 9.59 Å². The molecule has 4 bridgehead atoms. The van der Waals surface area contributed by atoms with Crippen LogP contribution in [0, 0.1) is 11.8 Å². The van der Waals surface area contributed by atoms with Crippen molar-refractivity contribution in [3.63, 3.8) is 0 Å². The van der Waals surface area contributed by atoms with Crippen molar-refractivity contribution >= 4 is 23.6 Å². The molecular formula is C38H44O8. The first-order valence-electron chi connectivity index (χ1n) is 16.2. The molecule has 3 heterocycles. The molecule has 1 saturated heterocycles. The molecule has 244 valence electrons. The molecule has 0 radical (unpaired) electrons. The zero-order valence-corrected chi connectivity index (χ0v) is 28.0. The molecule has 1 aromatic rings. The summed E-state index contributed by atoms with van der Waals surface area (Å²) in [6.07, 6.45) is 13.4. The zero-order valence-electron chi connectivity index (χ0n) is 28.0. The fourth-order valence-corrected chi connectivity index (χ4v) is 8.17. The van der Waals surface area contributed by atoms with E-state index in [9.17, 15) is 24.6 Å². The SMILES string of the molecule is CC(C)=CCC[C@]1(C)C=Cc2c(O)c3c(c(CC=C(C)C)c2O1)O[C@@]12C(=C[C@H]4C[C@@H]1C(C)(C)O[C@]2(CC=C(C)C(=O)O)C4=O)C3=O. The molecule has 0 unspecified atom stereocenters. The van der Waals surface area contributed by atoms with Gasteiger partial charge in [0.1, 0.15) is 28.4 Å². The Kier molecular flexibility index (Phi) is 7.36. The minimum absolute atomic E-state index is 0.0544. The number of phenols is 1. The molecule has 7 rings (SSSR count). The van der Waals surface area contributed by atoms with E-state index in [4.69, 9.17) is 14.2 Å². The Labute approximate surface area is 270 Å². The van der Waals surface area contributed by atoms with Gasteiger partial charge in [0.15, 0.2) is 22.8 Å². The van der Waals surface area contributed by atoms with Crippen molar-refractivity contribution in [2.24, 2.45) is 11.8 Å². The lowest BCUT2D eigenvalue weighted by Gasteiger charge is -2.56. The van der Waals surface area contributed by atoms with Crippen LogP contribution in [0.2, 0.25) is 0 Å². The fourth-order valence-electron chi connectivity index (χ4n) is 8.17. The van der Waals surface area contributed by atoms with Crippen LogP contribution < -0.4 is 9.47 Å². The maximum atomic E-state index is 14.7. The number of carbonyl (C=O) groups excluding carboxylic acids is 2. The third kappa shape index (κ3) is 4.47. The summed E-state index contributed by atoms with van der Waals surface area (Å²) >= 11 is 0. The number of hydrogen-bond acceptors (Lipinski definition) is 7. The average molecular weight is 629 g/mol. The van der Waals surface area contributed by atoms with E-state index < -0.39 is 40.1 Å². The Balaban J connectivity index is 1.59. The molecule has 8 heteroatoms. The van der Waals surface area contributed by atoms with E-state index in [1.165, 1.54) is 18.6 Å². The molecule has 0 aromatic heterocycles. The van der Waals surface area contributed by atoms with Gasteiger partial charge in [-0.15, -0.1) is 0 Å². The van der Waals surface area contributed by atoms with E-state index >= 15 is 0 Å². The number of ether oxygens (including phenoxy) is 3. The first-order chi connectivity index (χ1) is 21.5. The summed E-state index contributed by atoms with van der Waals surface area (Å²) in [6, 6.07) is 0. The van der Waals surface area contributed by atoms with Crippen LogP contribution >= 0.6 is 0 Å². The molecule has 1 aromatic carbocycles. The van der Waals surface area contributed by atoms with Crippen LogP contribution in [0.3, 0.4) is 0 Å². The Bertz CT molecular complexity index is 1730. The van der Waals surface area contributed by atoms with Crippen molar-refractivity contribution < 1.29 is 38.8 Å². The van der Waals surface area contributed by atoms with Crippen LogP contribution in [-0.2, 0) is 20.7 Å². The first kappa shape index (κ1) is 32.0. The molecule has 0 amide bonds. The summed E-state index contributed by atoms with van der Waals surface area (Å²) in [6.45, 7) is 15.4. The second-order valence-electron chi connectivity index (χ2n) is 14.8. The topological polar surface area (TPSA) is 119 Å². The van der Waals surface area contributed by atoms with Gasteiger partial charge >= 0.3 is 5.97 Å². The second kappa shape index (κ2) is 10.6. The van der Waals surface area contributed by atoms with Gasteiger partial charge in [-0.05, 0) is 93.2 Å². The van der Waals surface area contributed by atoms with E-state index in [2.05, 4.69) is 19.9 Å². The van der Waals surface area contributed by atoms with Gasteiger partial charge in [-0.25, -0.2) is 4.79 Å². The van der Waals surface area contributed by atoms with Gasteiger partial charge in [-0.1, -0.05) is 35.5 Å². The van der Waals surface area contributed by atoms with Gasteiger partial charge < -0.3 is 24.4 Å². The van der Waals surface area contributed by atoms with Crippen molar-refractivity contribution in [3.05, 3.63) is 69.4 Å². The monoisotopic (exact) mass is 628 g/mol. The van der Waals surface area contributed by atoms with Crippen LogP contribution in [0.4, 0.5) is 0 Å². The van der Waals surface area contributed by atoms with Crippen molar-refractivity contribution in [2.45, 2.75) is 110 Å². The smallest absolute Gasteiger partial charge is 0.330 e. The molecule has 2 fully saturated rings. The van der Waals surface area contributed by atoms with Gasteiger partial charge in [-0.2, -0.15) is 0 Å². The summed E-state index contributed by atoms with van der Waals surface area (Å²) in [5.41, 5.74) is -0.952. The first-order valence-corrected chi connectivity index (χ1v) is 16.2. The average Bonchev–Trinajstić information content (AvgIpc) is 3.12. The standard InChI is InChI=1S/C38H44O8/c1-20(2)10-9-15-36(8)16-14-24-29(39)28-30(40)26-18-23-19-27-35(6,7)46-37(33(23)41,17-13-22(5)34(42)43)38(26,27)45-32(28)25(31(24)44-36)12-11-21(3)4/h10-11,13-14,16,18,23,27,39H,9,12,15,17,19H2,1-8H3,(H,42,43)/t23-,27+,36+,37+,38-/m0/s1. The fraction of sp³-hybridized carbons (Fsp3) is 0.500. The number of carboxylic acids is 1. The predicted octanol–water partition coefficient (Wildman–Crippen LogP) is 7.24. The summed E-state index contributed by atoms with van der Waals surface area (Å²) in [4.78, 5) is 40.8. The molecule has 6 aliphatic rings. The number of carbonyl (C=O) groups is 3. The number of hydrogen-bond donors (Lipinski definition) is 2. The molecule has 1 saturated carbocycles. The van der Waals surface area contributed by atoms with Gasteiger partial charge in [0, 0.05) is 35.0 Å². The molecular weight excluding hydrogens is 584 g/mol. The van der Waals surface area contributed by atoms with Crippen molar-refractivity contribution in [2.75, 3.05) is 0 Å². The molecule has 46 heavy (non-hydrogen) atoms. The van der Waals surface area contributed by atoms with E-state index in [1.54, 1.807) is 6.08 Å². The molecule has 1 spiro atoms. The minimum Gasteiger partial charge on any atom is -0.506 e. The number of allylic oxidation sites excluding steroid dienone is 5. The minimum atomic E-state index is -1.63. The number of Topliss-reactive ketones (excluding diaryl/α,β-unsaturated/α-hetero) is 2. The third-order valence-electron chi connectivity index (χ3n) is 10.5. The zero-order chi connectivity index (χ0) is 33.6. The lowest BCUT2D eigenvalue weighted by atomic mass is 9.51. The highest BCUT2D eigenvalue weighted by Crippen LogP contribution is 2.68. The molecule has 3 aliphatic heterocycles. The highest BCUT2D eigenvalue weighted by molar-refractivity contribution is 6.19. The third-order valence-corrected chi connectivity index (χ3v) is 10.5. The number of benzene rings is 1. The van der Waals surface area contributed by atoms with Crippen molar-refractivity contribution in [3.8, 4) is 17.2 Å². The van der Waals surface area contributed by atoms with Gasteiger partial charge in [0.2, 0.25) is 0 Å². The lowest BCUT2D eigenvalue weighted by Crippen LogP contribution is -2.72. The summed E-state index contributed by atoms with van der Waals surface area (Å²) in [5.74, 6) is -2.28. The Morgan fingerprint density at radius 3 is 2.35 bits per heavy atom. The quantitative estimate of drug-likeness (QED) is 0.228. The van der Waals surface area contributed by atoms with Crippen molar-refractivity contribution in [1.82, 2.24) is 0 Å². The number of ketones is 2. The summed E-state index contributed by atoms with van der Waals surface area (Å²) in [5, 5.41) is 21.4. The summed E-state index contributed by atoms with van der Waals surface area (Å²) < 4.78 is 20.6. The lowest BCUT2D eigenvalue weighted by molar-refractivity contribution is -0.171. The van der Waals surface area contributed by atoms with Gasteiger partial charge in [0.05, 0.1) is 11.2 Å². The Hall–Kier alpha value is -3.91. The Morgan fingerprint density at radius 1 is 1.00 bits per heavy atom. The van der Waals surface area contributed by atoms with Gasteiger partial charge in [0.25, 0.3) is 0 Å². The molecule has 5 atom stereocenters. The van der Waals surface area contributed by atoms with Crippen LogP contribution in [-0.4, -0.2) is 50.2 Å². The number of aliphatic carboxylic acids is 1. The number of rotatable bonds is 8. The number of aromatic hydroxyl groups is 1. The molecule has 8 nitrogen and oxygen atoms in total. The maximum absolute atomic E-state index is 14.7. The van der Waals surface area contributed by atoms with E-state index in [1.807, 2.05) is 52.8 Å². The highest BCUT2D eigenvalue weighted by atomic mass is 16.6. The van der Waals surface area contributed by atoms with E-state index in [-0.39, 0.29) is 40.8 Å². The second-order valence-corrected chi connectivity index (χ2v) is 14.8.